The van der Waals surface area contributed by atoms with Crippen LogP contribution in [0.25, 0.3) is 0 Å². The molecule has 2 fully saturated rings. The first kappa shape index (κ1) is 13.6. The van der Waals surface area contributed by atoms with Gasteiger partial charge in [-0.05, 0) is 55.7 Å². The van der Waals surface area contributed by atoms with Crippen LogP contribution >= 0.6 is 15.9 Å². The van der Waals surface area contributed by atoms with E-state index in [1.807, 2.05) is 7.11 Å². The van der Waals surface area contributed by atoms with Gasteiger partial charge in [-0.25, -0.2) is 0 Å². The van der Waals surface area contributed by atoms with E-state index in [0.717, 1.165) is 12.5 Å². The van der Waals surface area contributed by atoms with E-state index in [-0.39, 0.29) is 5.60 Å². The normalized spacial score (nSPS) is 28.5. The molecule has 0 spiro atoms. The highest BCUT2D eigenvalue weighted by molar-refractivity contribution is 9.10. The molecule has 3 rings (SSSR count). The second-order valence-corrected chi connectivity index (χ2v) is 6.96. The van der Waals surface area contributed by atoms with E-state index in [0.29, 0.717) is 6.04 Å². The summed E-state index contributed by atoms with van der Waals surface area (Å²) in [5, 5.41) is 3.69. The largest absolute Gasteiger partial charge is 0.377 e. The predicted molar refractivity (Wildman–Crippen MR) is 81.5 cm³/mol. The molecule has 1 N–H and O–H groups in total. The predicted octanol–water partition coefficient (Wildman–Crippen LogP) is 3.85. The van der Waals surface area contributed by atoms with Gasteiger partial charge in [0.1, 0.15) is 0 Å². The van der Waals surface area contributed by atoms with Crippen LogP contribution in [0.5, 0.6) is 0 Å². The number of hydrogen-bond donors (Lipinski definition) is 1. The zero-order valence-electron chi connectivity index (χ0n) is 11.5. The summed E-state index contributed by atoms with van der Waals surface area (Å²) in [4.78, 5) is 0. The molecule has 2 nitrogen and oxygen atoms in total. The molecule has 1 aromatic rings. The van der Waals surface area contributed by atoms with Crippen molar-refractivity contribution < 1.29 is 4.74 Å². The van der Waals surface area contributed by atoms with Crippen LogP contribution < -0.4 is 5.32 Å². The van der Waals surface area contributed by atoms with Gasteiger partial charge in [0.2, 0.25) is 0 Å². The van der Waals surface area contributed by atoms with Crippen molar-refractivity contribution in [1.29, 1.82) is 0 Å². The summed E-state index contributed by atoms with van der Waals surface area (Å²) >= 11 is 3.55. The van der Waals surface area contributed by atoms with Crippen molar-refractivity contribution in [2.45, 2.75) is 49.7 Å². The average Bonchev–Trinajstić information content (AvgIpc) is 2.30. The van der Waals surface area contributed by atoms with Gasteiger partial charge < -0.3 is 10.1 Å². The van der Waals surface area contributed by atoms with Gasteiger partial charge in [0.05, 0.1) is 5.60 Å². The van der Waals surface area contributed by atoms with Crippen molar-refractivity contribution in [3.05, 3.63) is 34.3 Å². The van der Waals surface area contributed by atoms with Gasteiger partial charge in [0.15, 0.2) is 0 Å². The highest BCUT2D eigenvalue weighted by Crippen LogP contribution is 2.39. The quantitative estimate of drug-likeness (QED) is 0.888. The van der Waals surface area contributed by atoms with Crippen LogP contribution in [0.15, 0.2) is 28.7 Å². The third kappa shape index (κ3) is 2.88. The second-order valence-electron chi connectivity index (χ2n) is 6.04. The van der Waals surface area contributed by atoms with Crippen LogP contribution in [0.3, 0.4) is 0 Å². The first-order valence-corrected chi connectivity index (χ1v) is 8.04. The number of halogens is 1. The van der Waals surface area contributed by atoms with Gasteiger partial charge in [0, 0.05) is 24.2 Å². The maximum Gasteiger partial charge on any atom is 0.0802 e. The maximum absolute atomic E-state index is 5.65. The van der Waals surface area contributed by atoms with Gasteiger partial charge in [-0.1, -0.05) is 28.1 Å². The lowest BCUT2D eigenvalue weighted by Crippen LogP contribution is -2.52. The van der Waals surface area contributed by atoms with Gasteiger partial charge in [-0.2, -0.15) is 0 Å². The minimum atomic E-state index is 0.154. The molecular weight excluding hydrogens is 302 g/mol. The molecule has 2 saturated carbocycles. The van der Waals surface area contributed by atoms with E-state index >= 15 is 0 Å². The van der Waals surface area contributed by atoms with E-state index in [2.05, 4.69) is 45.5 Å². The molecule has 104 valence electrons. The van der Waals surface area contributed by atoms with Crippen LogP contribution in [-0.2, 0) is 4.74 Å². The summed E-state index contributed by atoms with van der Waals surface area (Å²) < 4.78 is 6.84. The molecule has 0 heterocycles. The maximum atomic E-state index is 5.65. The molecule has 1 aromatic carbocycles. The Kier molecular flexibility index (Phi) is 3.97. The first-order chi connectivity index (χ1) is 9.21. The molecule has 0 saturated heterocycles. The summed E-state index contributed by atoms with van der Waals surface area (Å²) in [6, 6.07) is 9.40. The minimum absolute atomic E-state index is 0.154. The molecule has 0 amide bonds. The molecule has 0 unspecified atom stereocenters. The molecule has 2 aliphatic carbocycles. The number of hydrogen-bond acceptors (Lipinski definition) is 2. The molecule has 0 bridgehead atoms. The van der Waals surface area contributed by atoms with Crippen molar-refractivity contribution in [3.63, 3.8) is 0 Å². The van der Waals surface area contributed by atoms with Gasteiger partial charge in [-0.3, -0.25) is 0 Å². The van der Waals surface area contributed by atoms with Gasteiger partial charge in [0.25, 0.3) is 0 Å². The molecule has 0 aliphatic heterocycles. The lowest BCUT2D eigenvalue weighted by Gasteiger charge is -2.44. The Morgan fingerprint density at radius 3 is 2.74 bits per heavy atom. The summed E-state index contributed by atoms with van der Waals surface area (Å²) in [6.07, 6.45) is 6.28. The number of ether oxygens (including phenoxy) is 1. The molecular formula is C16H22BrNO. The Bertz CT molecular complexity index is 433. The fourth-order valence-corrected chi connectivity index (χ4v) is 3.59. The third-order valence-electron chi connectivity index (χ3n) is 4.87. The van der Waals surface area contributed by atoms with E-state index in [1.165, 1.54) is 42.1 Å². The number of rotatable bonds is 5. The summed E-state index contributed by atoms with van der Waals surface area (Å²) in [7, 11) is 1.85. The Morgan fingerprint density at radius 2 is 2.16 bits per heavy atom. The zero-order valence-corrected chi connectivity index (χ0v) is 13.1. The smallest absolute Gasteiger partial charge is 0.0802 e. The molecule has 0 radical (unpaired) electrons. The summed E-state index contributed by atoms with van der Waals surface area (Å²) in [5.74, 6) is 0.731. The Morgan fingerprint density at radius 1 is 1.37 bits per heavy atom. The van der Waals surface area contributed by atoms with E-state index in [4.69, 9.17) is 4.74 Å². The standard InChI is InChI=1S/C16H22BrNO/c1-19-16(6-3-7-16)11-18-15-9-13(10-15)12-4-2-5-14(17)8-12/h2,4-5,8,13,15,18H,3,6-7,9-11H2,1H3. The van der Waals surface area contributed by atoms with E-state index in [9.17, 15) is 0 Å². The molecule has 3 heteroatoms. The highest BCUT2D eigenvalue weighted by atomic mass is 79.9. The number of benzene rings is 1. The van der Waals surface area contributed by atoms with Crippen molar-refractivity contribution in [2.75, 3.05) is 13.7 Å². The minimum Gasteiger partial charge on any atom is -0.377 e. The number of methoxy groups -OCH3 is 1. The van der Waals surface area contributed by atoms with Crippen LogP contribution in [-0.4, -0.2) is 25.3 Å². The molecule has 0 atom stereocenters. The van der Waals surface area contributed by atoms with Crippen LogP contribution in [0.4, 0.5) is 0 Å². The van der Waals surface area contributed by atoms with E-state index < -0.39 is 0 Å². The monoisotopic (exact) mass is 323 g/mol. The molecule has 0 aromatic heterocycles. The topological polar surface area (TPSA) is 21.3 Å². The van der Waals surface area contributed by atoms with Gasteiger partial charge >= 0.3 is 0 Å². The summed E-state index contributed by atoms with van der Waals surface area (Å²) in [5.41, 5.74) is 1.62. The fourth-order valence-electron chi connectivity index (χ4n) is 3.17. The number of nitrogens with one attached hydrogen (secondary N) is 1. The van der Waals surface area contributed by atoms with Crippen LogP contribution in [0.1, 0.15) is 43.6 Å². The Labute approximate surface area is 124 Å². The Hall–Kier alpha value is -0.380. The second kappa shape index (κ2) is 5.55. The van der Waals surface area contributed by atoms with Crippen molar-refractivity contribution in [1.82, 2.24) is 5.32 Å². The van der Waals surface area contributed by atoms with Crippen LogP contribution in [0.2, 0.25) is 0 Å². The summed E-state index contributed by atoms with van der Waals surface area (Å²) in [6.45, 7) is 1.03. The van der Waals surface area contributed by atoms with Crippen molar-refractivity contribution in [2.24, 2.45) is 0 Å². The Balaban J connectivity index is 1.45. The lowest BCUT2D eigenvalue weighted by atomic mass is 9.74. The van der Waals surface area contributed by atoms with Gasteiger partial charge in [-0.15, -0.1) is 0 Å². The molecule has 2 aliphatic rings. The average molecular weight is 324 g/mol. The zero-order chi connectivity index (χ0) is 13.3. The lowest BCUT2D eigenvalue weighted by molar-refractivity contribution is -0.0724. The van der Waals surface area contributed by atoms with Crippen molar-refractivity contribution in [3.8, 4) is 0 Å². The van der Waals surface area contributed by atoms with E-state index in [1.54, 1.807) is 0 Å². The fraction of sp³-hybridized carbons (Fsp3) is 0.625. The van der Waals surface area contributed by atoms with Crippen molar-refractivity contribution >= 4 is 15.9 Å². The highest BCUT2D eigenvalue weighted by Gasteiger charge is 2.38. The van der Waals surface area contributed by atoms with Crippen LogP contribution in [0, 0.1) is 0 Å². The first-order valence-electron chi connectivity index (χ1n) is 7.25. The molecule has 19 heavy (non-hydrogen) atoms. The third-order valence-corrected chi connectivity index (χ3v) is 5.36. The SMILES string of the molecule is COC1(CNC2CC(c3cccc(Br)c3)C2)CCC1.